The van der Waals surface area contributed by atoms with Gasteiger partial charge in [-0.1, -0.05) is 0 Å². The van der Waals surface area contributed by atoms with Crippen molar-refractivity contribution >= 4 is 30.8 Å². The number of rotatable bonds is 3. The molecule has 1 aromatic heterocycles. The zero-order valence-corrected chi connectivity index (χ0v) is 9.23. The second-order valence-corrected chi connectivity index (χ2v) is 2.42. The molecule has 0 amide bonds. The summed E-state index contributed by atoms with van der Waals surface area (Å²) in [6, 6.07) is 1.15. The lowest BCUT2D eigenvalue weighted by Gasteiger charge is -2.06. The van der Waals surface area contributed by atoms with E-state index in [1.165, 1.54) is 7.11 Å². The van der Waals surface area contributed by atoms with Gasteiger partial charge >= 0.3 is 5.97 Å². The van der Waals surface area contributed by atoms with Crippen molar-refractivity contribution in [3.63, 3.8) is 0 Å². The number of esters is 1. The van der Waals surface area contributed by atoms with Gasteiger partial charge in [0.25, 0.3) is 0 Å². The highest BCUT2D eigenvalue weighted by molar-refractivity contribution is 5.85. The van der Waals surface area contributed by atoms with Crippen LogP contribution in [0.4, 0.5) is 0 Å². The van der Waals surface area contributed by atoms with Crippen molar-refractivity contribution in [2.75, 3.05) is 7.11 Å². The van der Waals surface area contributed by atoms with E-state index in [0.29, 0.717) is 6.42 Å². The lowest BCUT2D eigenvalue weighted by Crippen LogP contribution is -2.33. The second-order valence-electron chi connectivity index (χ2n) is 2.42. The van der Waals surface area contributed by atoms with Crippen LogP contribution in [0.3, 0.4) is 0 Å². The molecule has 7 heteroatoms. The van der Waals surface area contributed by atoms with E-state index in [9.17, 15) is 4.79 Å². The van der Waals surface area contributed by atoms with Gasteiger partial charge in [0.05, 0.1) is 7.11 Å². The van der Waals surface area contributed by atoms with Crippen LogP contribution in [-0.4, -0.2) is 29.3 Å². The first-order valence-electron chi connectivity index (χ1n) is 3.55. The van der Waals surface area contributed by atoms with Crippen LogP contribution in [0.1, 0.15) is 5.69 Å². The molecule has 0 aliphatic rings. The molecule has 0 fully saturated rings. The summed E-state index contributed by atoms with van der Waals surface area (Å²) in [7, 11) is 1.31. The van der Waals surface area contributed by atoms with Crippen LogP contribution in [0.25, 0.3) is 0 Å². The van der Waals surface area contributed by atoms with Crippen molar-refractivity contribution in [3.05, 3.63) is 18.0 Å². The van der Waals surface area contributed by atoms with E-state index in [1.807, 2.05) is 0 Å². The van der Waals surface area contributed by atoms with Crippen LogP contribution < -0.4 is 5.73 Å². The molecule has 1 rings (SSSR count). The summed E-state index contributed by atoms with van der Waals surface area (Å²) < 4.78 is 4.46. The zero-order valence-electron chi connectivity index (χ0n) is 7.60. The van der Waals surface area contributed by atoms with Gasteiger partial charge in [-0.3, -0.25) is 9.89 Å². The molecule has 1 aromatic rings. The number of nitrogens with one attached hydrogen (secondary N) is 1. The van der Waals surface area contributed by atoms with E-state index in [-0.39, 0.29) is 24.8 Å². The molecule has 1 atom stereocenters. The van der Waals surface area contributed by atoms with Crippen molar-refractivity contribution in [2.24, 2.45) is 5.73 Å². The molecule has 1 heterocycles. The summed E-state index contributed by atoms with van der Waals surface area (Å²) in [5, 5.41) is 6.44. The fourth-order valence-electron chi connectivity index (χ4n) is 0.870. The van der Waals surface area contributed by atoms with E-state index in [0.717, 1.165) is 5.69 Å². The predicted octanol–water partition coefficient (Wildman–Crippen LogP) is 0.296. The first-order chi connectivity index (χ1) is 5.74. The van der Waals surface area contributed by atoms with Crippen molar-refractivity contribution in [1.29, 1.82) is 0 Å². The van der Waals surface area contributed by atoms with Crippen molar-refractivity contribution < 1.29 is 9.53 Å². The van der Waals surface area contributed by atoms with Crippen molar-refractivity contribution in [1.82, 2.24) is 10.2 Å². The van der Waals surface area contributed by atoms with Gasteiger partial charge in [0.15, 0.2) is 0 Å². The third kappa shape index (κ3) is 4.45. The number of nitrogens with zero attached hydrogens (tertiary/aromatic N) is 1. The summed E-state index contributed by atoms with van der Waals surface area (Å²) in [6.45, 7) is 0. The minimum atomic E-state index is -0.615. The standard InChI is InChI=1S/C7H11N3O2.2ClH/c1-12-7(11)6(8)4-5-2-3-9-10-5;;/h2-3,6H,4,8H2,1H3,(H,9,10);2*1H/t6-;;/m0../s1. The Morgan fingerprint density at radius 2 is 2.36 bits per heavy atom. The van der Waals surface area contributed by atoms with Gasteiger partial charge in [-0.2, -0.15) is 5.10 Å². The van der Waals surface area contributed by atoms with Gasteiger partial charge in [0.1, 0.15) is 6.04 Å². The molecule has 0 spiro atoms. The maximum atomic E-state index is 10.9. The molecular weight excluding hydrogens is 229 g/mol. The number of ether oxygens (including phenoxy) is 1. The van der Waals surface area contributed by atoms with E-state index in [1.54, 1.807) is 12.3 Å². The van der Waals surface area contributed by atoms with E-state index in [2.05, 4.69) is 14.9 Å². The molecule has 0 saturated carbocycles. The topological polar surface area (TPSA) is 81.0 Å². The molecule has 0 radical (unpaired) electrons. The highest BCUT2D eigenvalue weighted by Gasteiger charge is 2.14. The average Bonchev–Trinajstić information content (AvgIpc) is 2.55. The summed E-state index contributed by atoms with van der Waals surface area (Å²) in [6.07, 6.45) is 2.03. The zero-order chi connectivity index (χ0) is 8.97. The summed E-state index contributed by atoms with van der Waals surface area (Å²) in [4.78, 5) is 10.9. The molecule has 14 heavy (non-hydrogen) atoms. The molecule has 3 N–H and O–H groups in total. The Kier molecular flexibility index (Phi) is 8.52. The average molecular weight is 242 g/mol. The molecule has 5 nitrogen and oxygen atoms in total. The quantitative estimate of drug-likeness (QED) is 0.747. The van der Waals surface area contributed by atoms with Crippen LogP contribution in [0.2, 0.25) is 0 Å². The summed E-state index contributed by atoms with van der Waals surface area (Å²) >= 11 is 0. The van der Waals surface area contributed by atoms with E-state index < -0.39 is 12.0 Å². The molecular formula is C7H13Cl2N3O2. The van der Waals surface area contributed by atoms with Crippen molar-refractivity contribution in [2.45, 2.75) is 12.5 Å². The van der Waals surface area contributed by atoms with Crippen LogP contribution >= 0.6 is 24.8 Å². The fourth-order valence-corrected chi connectivity index (χ4v) is 0.870. The summed E-state index contributed by atoms with van der Waals surface area (Å²) in [5.74, 6) is -0.412. The molecule has 0 aromatic carbocycles. The first kappa shape index (κ1) is 15.7. The van der Waals surface area contributed by atoms with Gasteiger partial charge in [-0.25, -0.2) is 0 Å². The maximum absolute atomic E-state index is 10.9. The van der Waals surface area contributed by atoms with Crippen LogP contribution in [0, 0.1) is 0 Å². The Hall–Kier alpha value is -0.780. The maximum Gasteiger partial charge on any atom is 0.323 e. The molecule has 0 bridgehead atoms. The number of H-pyrrole nitrogens is 1. The van der Waals surface area contributed by atoms with Crippen LogP contribution in [0.15, 0.2) is 12.3 Å². The van der Waals surface area contributed by atoms with Crippen LogP contribution in [-0.2, 0) is 16.0 Å². The third-order valence-corrected chi connectivity index (χ3v) is 1.50. The van der Waals surface area contributed by atoms with Gasteiger partial charge in [-0.15, -0.1) is 24.8 Å². The highest BCUT2D eigenvalue weighted by Crippen LogP contribution is 1.97. The monoisotopic (exact) mass is 241 g/mol. The number of methoxy groups -OCH3 is 1. The molecule has 82 valence electrons. The number of nitrogens with two attached hydrogens (primary N) is 1. The lowest BCUT2D eigenvalue weighted by atomic mass is 10.2. The predicted molar refractivity (Wildman–Crippen MR) is 56.8 cm³/mol. The third-order valence-electron chi connectivity index (χ3n) is 1.50. The number of carbonyl (C=O) groups excluding carboxylic acids is 1. The largest absolute Gasteiger partial charge is 0.468 e. The van der Waals surface area contributed by atoms with Gasteiger partial charge in [-0.05, 0) is 6.07 Å². The highest BCUT2D eigenvalue weighted by atomic mass is 35.5. The fraction of sp³-hybridized carbons (Fsp3) is 0.429. The Bertz CT molecular complexity index is 253. The molecule has 0 aliphatic carbocycles. The number of aromatic nitrogens is 2. The Morgan fingerprint density at radius 3 is 2.79 bits per heavy atom. The minimum absolute atomic E-state index is 0. The second kappa shape index (κ2) is 7.61. The Balaban J connectivity index is 0. The Morgan fingerprint density at radius 1 is 1.71 bits per heavy atom. The number of aromatic amines is 1. The summed E-state index contributed by atoms with van der Waals surface area (Å²) in [5.41, 5.74) is 6.32. The minimum Gasteiger partial charge on any atom is -0.468 e. The molecule has 0 saturated heterocycles. The van der Waals surface area contributed by atoms with Crippen LogP contribution in [0.5, 0.6) is 0 Å². The number of hydrogen-bond acceptors (Lipinski definition) is 4. The number of halogens is 2. The Labute approximate surface area is 94.2 Å². The number of hydrogen-bond donors (Lipinski definition) is 2. The first-order valence-corrected chi connectivity index (χ1v) is 3.55. The normalized spacial score (nSPS) is 10.7. The number of carbonyl (C=O) groups is 1. The van der Waals surface area contributed by atoms with Gasteiger partial charge < -0.3 is 10.5 Å². The van der Waals surface area contributed by atoms with Crippen molar-refractivity contribution in [3.8, 4) is 0 Å². The lowest BCUT2D eigenvalue weighted by molar-refractivity contribution is -0.142. The van der Waals surface area contributed by atoms with E-state index in [4.69, 9.17) is 5.73 Å². The molecule has 0 aliphatic heterocycles. The van der Waals surface area contributed by atoms with Gasteiger partial charge in [0, 0.05) is 18.3 Å². The van der Waals surface area contributed by atoms with Gasteiger partial charge in [0.2, 0.25) is 0 Å². The molecule has 0 unspecified atom stereocenters. The smallest absolute Gasteiger partial charge is 0.323 e. The van der Waals surface area contributed by atoms with E-state index >= 15 is 0 Å². The SMILES string of the molecule is COC(=O)[C@@H](N)Cc1ccn[nH]1.Cl.Cl.